The first kappa shape index (κ1) is 21.8. The number of likely N-dealkylation sites (tertiary alicyclic amines) is 1. The van der Waals surface area contributed by atoms with E-state index in [0.29, 0.717) is 37.0 Å². The Bertz CT molecular complexity index is 952. The van der Waals surface area contributed by atoms with Crippen molar-refractivity contribution < 1.29 is 14.3 Å². The number of nitrogens with one attached hydrogen (secondary N) is 1. The normalized spacial score (nSPS) is 16.8. The molecule has 2 fully saturated rings. The summed E-state index contributed by atoms with van der Waals surface area (Å²) in [4.78, 5) is 39.8. The van der Waals surface area contributed by atoms with Crippen LogP contribution in [0.1, 0.15) is 23.2 Å². The highest BCUT2D eigenvalue weighted by Gasteiger charge is 2.25. The van der Waals surface area contributed by atoms with Gasteiger partial charge in [-0.2, -0.15) is 4.98 Å². The molecule has 3 heterocycles. The fourth-order valence-electron chi connectivity index (χ4n) is 3.95. The van der Waals surface area contributed by atoms with Crippen molar-refractivity contribution in [3.05, 3.63) is 36.0 Å². The summed E-state index contributed by atoms with van der Waals surface area (Å²) in [7, 11) is 1.58. The molecule has 170 valence electrons. The Balaban J connectivity index is 1.32. The second-order valence-electron chi connectivity index (χ2n) is 8.00. The van der Waals surface area contributed by atoms with Crippen LogP contribution < -0.4 is 20.7 Å². The van der Waals surface area contributed by atoms with Crippen LogP contribution in [0.4, 0.5) is 17.5 Å². The summed E-state index contributed by atoms with van der Waals surface area (Å²) in [5, 5.41) is 2.79. The number of carbonyl (C=O) groups excluding carboxylic acids is 2. The second kappa shape index (κ2) is 9.82. The third-order valence-corrected chi connectivity index (χ3v) is 5.87. The second-order valence-corrected chi connectivity index (χ2v) is 8.00. The van der Waals surface area contributed by atoms with E-state index in [9.17, 15) is 9.59 Å². The fourth-order valence-corrected chi connectivity index (χ4v) is 3.95. The molecular formula is C22H29N7O3. The van der Waals surface area contributed by atoms with Gasteiger partial charge in [-0.15, -0.1) is 0 Å². The fraction of sp³-hybridized carbons (Fsp3) is 0.455. The molecule has 10 heteroatoms. The SMILES string of the molecule is COc1ccc(NC(=O)c2cnc(N3CCN(CC(=O)N4CCCC4)CC3)nc2N)cc1. The minimum absolute atomic E-state index is 0.132. The predicted molar refractivity (Wildman–Crippen MR) is 122 cm³/mol. The van der Waals surface area contributed by atoms with Gasteiger partial charge in [0, 0.05) is 51.2 Å². The Kier molecular flexibility index (Phi) is 6.69. The van der Waals surface area contributed by atoms with E-state index >= 15 is 0 Å². The molecule has 2 amide bonds. The lowest BCUT2D eigenvalue weighted by atomic mass is 10.2. The molecule has 0 spiro atoms. The summed E-state index contributed by atoms with van der Waals surface area (Å²) >= 11 is 0. The Morgan fingerprint density at radius 3 is 2.38 bits per heavy atom. The number of nitrogens with zero attached hydrogens (tertiary/aromatic N) is 5. The average Bonchev–Trinajstić information content (AvgIpc) is 3.35. The molecule has 4 rings (SSSR count). The van der Waals surface area contributed by atoms with Crippen LogP contribution in [-0.2, 0) is 4.79 Å². The molecule has 0 unspecified atom stereocenters. The van der Waals surface area contributed by atoms with Crippen LogP contribution in [-0.4, -0.2) is 84.5 Å². The van der Waals surface area contributed by atoms with Gasteiger partial charge in [0.25, 0.3) is 5.91 Å². The standard InChI is InChI=1S/C22H29N7O3/c1-32-17-6-4-16(5-7-17)25-21(31)18-14-24-22(26-20(18)23)29-12-10-27(11-13-29)15-19(30)28-8-2-3-9-28/h4-7,14H,2-3,8-13,15H2,1H3,(H,25,31)(H2,23,24,26). The lowest BCUT2D eigenvalue weighted by Crippen LogP contribution is -2.50. The van der Waals surface area contributed by atoms with Crippen molar-refractivity contribution in [2.45, 2.75) is 12.8 Å². The van der Waals surface area contributed by atoms with Crippen molar-refractivity contribution in [3.63, 3.8) is 0 Å². The van der Waals surface area contributed by atoms with Crippen molar-refractivity contribution in [3.8, 4) is 5.75 Å². The number of benzene rings is 1. The van der Waals surface area contributed by atoms with E-state index in [2.05, 4.69) is 20.2 Å². The third kappa shape index (κ3) is 5.08. The minimum atomic E-state index is -0.371. The zero-order valence-corrected chi connectivity index (χ0v) is 18.3. The van der Waals surface area contributed by atoms with Gasteiger partial charge in [0.05, 0.1) is 13.7 Å². The quantitative estimate of drug-likeness (QED) is 0.686. The lowest BCUT2D eigenvalue weighted by Gasteiger charge is -2.35. The minimum Gasteiger partial charge on any atom is -0.497 e. The number of rotatable bonds is 6. The highest BCUT2D eigenvalue weighted by atomic mass is 16.5. The third-order valence-electron chi connectivity index (χ3n) is 5.87. The summed E-state index contributed by atoms with van der Waals surface area (Å²) in [6.07, 6.45) is 3.67. The molecule has 0 saturated carbocycles. The number of methoxy groups -OCH3 is 1. The maximum atomic E-state index is 12.6. The number of anilines is 3. The number of amides is 2. The summed E-state index contributed by atoms with van der Waals surface area (Å²) in [5.41, 5.74) is 6.92. The van der Waals surface area contributed by atoms with E-state index in [4.69, 9.17) is 10.5 Å². The highest BCUT2D eigenvalue weighted by Crippen LogP contribution is 2.19. The Labute approximate surface area is 187 Å². The number of piperazine rings is 1. The van der Waals surface area contributed by atoms with Crippen molar-refractivity contribution in [2.75, 3.05) is 68.9 Å². The first-order chi connectivity index (χ1) is 15.5. The Morgan fingerprint density at radius 2 is 1.75 bits per heavy atom. The van der Waals surface area contributed by atoms with E-state index in [1.165, 1.54) is 6.20 Å². The maximum absolute atomic E-state index is 12.6. The summed E-state index contributed by atoms with van der Waals surface area (Å²) < 4.78 is 5.12. The molecule has 2 aromatic rings. The largest absolute Gasteiger partial charge is 0.497 e. The zero-order valence-electron chi connectivity index (χ0n) is 18.3. The number of nitrogen functional groups attached to an aromatic ring is 1. The number of hydrogen-bond acceptors (Lipinski definition) is 8. The molecule has 10 nitrogen and oxygen atoms in total. The van der Waals surface area contributed by atoms with Gasteiger partial charge in [0.2, 0.25) is 11.9 Å². The molecule has 1 aromatic carbocycles. The lowest BCUT2D eigenvalue weighted by molar-refractivity contribution is -0.131. The van der Waals surface area contributed by atoms with E-state index in [0.717, 1.165) is 39.0 Å². The number of aromatic nitrogens is 2. The molecule has 32 heavy (non-hydrogen) atoms. The van der Waals surface area contributed by atoms with Crippen LogP contribution >= 0.6 is 0 Å². The van der Waals surface area contributed by atoms with E-state index in [-0.39, 0.29) is 23.2 Å². The van der Waals surface area contributed by atoms with Gasteiger partial charge in [0.1, 0.15) is 17.1 Å². The van der Waals surface area contributed by atoms with Crippen molar-refractivity contribution in [1.82, 2.24) is 19.8 Å². The molecule has 0 aliphatic carbocycles. The zero-order chi connectivity index (χ0) is 22.5. The Hall–Kier alpha value is -3.40. The van der Waals surface area contributed by atoms with Crippen LogP contribution in [0.25, 0.3) is 0 Å². The molecule has 2 aliphatic heterocycles. The van der Waals surface area contributed by atoms with E-state index in [1.807, 2.05) is 9.80 Å². The van der Waals surface area contributed by atoms with Crippen LogP contribution in [0.15, 0.2) is 30.5 Å². The molecule has 0 radical (unpaired) electrons. The molecule has 2 aliphatic rings. The summed E-state index contributed by atoms with van der Waals surface area (Å²) in [6.45, 7) is 5.12. The molecule has 0 bridgehead atoms. The number of ether oxygens (including phenoxy) is 1. The van der Waals surface area contributed by atoms with Crippen molar-refractivity contribution >= 4 is 29.3 Å². The smallest absolute Gasteiger partial charge is 0.260 e. The first-order valence-electron chi connectivity index (χ1n) is 10.9. The summed E-state index contributed by atoms with van der Waals surface area (Å²) in [6, 6.07) is 7.01. The molecule has 0 atom stereocenters. The van der Waals surface area contributed by atoms with Gasteiger partial charge in [0.15, 0.2) is 0 Å². The van der Waals surface area contributed by atoms with Gasteiger partial charge < -0.3 is 25.6 Å². The average molecular weight is 440 g/mol. The molecular weight excluding hydrogens is 410 g/mol. The van der Waals surface area contributed by atoms with Gasteiger partial charge in [-0.05, 0) is 37.1 Å². The van der Waals surface area contributed by atoms with Crippen LogP contribution in [0.5, 0.6) is 5.75 Å². The monoisotopic (exact) mass is 439 g/mol. The summed E-state index contributed by atoms with van der Waals surface area (Å²) in [5.74, 6) is 1.17. The first-order valence-corrected chi connectivity index (χ1v) is 10.9. The molecule has 3 N–H and O–H groups in total. The maximum Gasteiger partial charge on any atom is 0.260 e. The topological polar surface area (TPSA) is 117 Å². The molecule has 2 saturated heterocycles. The van der Waals surface area contributed by atoms with Gasteiger partial charge in [-0.25, -0.2) is 4.98 Å². The van der Waals surface area contributed by atoms with E-state index < -0.39 is 0 Å². The highest BCUT2D eigenvalue weighted by molar-refractivity contribution is 6.07. The number of nitrogens with two attached hydrogens (primary N) is 1. The van der Waals surface area contributed by atoms with Crippen LogP contribution in [0.2, 0.25) is 0 Å². The van der Waals surface area contributed by atoms with Crippen LogP contribution in [0.3, 0.4) is 0 Å². The number of carbonyl (C=O) groups is 2. The predicted octanol–water partition coefficient (Wildman–Crippen LogP) is 1.06. The van der Waals surface area contributed by atoms with Gasteiger partial charge in [-0.3, -0.25) is 14.5 Å². The van der Waals surface area contributed by atoms with E-state index in [1.54, 1.807) is 31.4 Å². The van der Waals surface area contributed by atoms with Crippen molar-refractivity contribution in [2.24, 2.45) is 0 Å². The van der Waals surface area contributed by atoms with Gasteiger partial charge in [-0.1, -0.05) is 0 Å². The molecule has 1 aromatic heterocycles. The van der Waals surface area contributed by atoms with Crippen molar-refractivity contribution in [1.29, 1.82) is 0 Å². The number of hydrogen-bond donors (Lipinski definition) is 2. The van der Waals surface area contributed by atoms with Crippen LogP contribution in [0, 0.1) is 0 Å². The van der Waals surface area contributed by atoms with Gasteiger partial charge >= 0.3 is 0 Å². The Morgan fingerprint density at radius 1 is 1.06 bits per heavy atom.